The Morgan fingerprint density at radius 3 is 2.76 bits per heavy atom. The summed E-state index contributed by atoms with van der Waals surface area (Å²) in [5.41, 5.74) is 2.13. The monoisotopic (exact) mass is 337 g/mol. The minimum Gasteiger partial charge on any atom is -0.354 e. The van der Waals surface area contributed by atoms with Crippen LogP contribution in [-0.2, 0) is 6.54 Å². The van der Waals surface area contributed by atoms with E-state index >= 15 is 0 Å². The summed E-state index contributed by atoms with van der Waals surface area (Å²) < 4.78 is 2.08. The van der Waals surface area contributed by atoms with E-state index in [1.54, 1.807) is 0 Å². The topological polar surface area (TPSA) is 61.6 Å². The van der Waals surface area contributed by atoms with E-state index in [1.165, 1.54) is 0 Å². The van der Waals surface area contributed by atoms with Crippen molar-refractivity contribution in [1.82, 2.24) is 24.3 Å². The molecule has 0 spiro atoms. The molecule has 0 aliphatic carbocycles. The highest BCUT2D eigenvalue weighted by atomic mass is 15.3. The van der Waals surface area contributed by atoms with Crippen LogP contribution in [0.15, 0.2) is 42.9 Å². The maximum atomic E-state index is 4.69. The maximum absolute atomic E-state index is 4.69. The smallest absolute Gasteiger partial charge is 0.224 e. The van der Waals surface area contributed by atoms with Gasteiger partial charge in [0.05, 0.1) is 5.69 Å². The summed E-state index contributed by atoms with van der Waals surface area (Å²) in [6, 6.07) is 8.08. The van der Waals surface area contributed by atoms with Crippen molar-refractivity contribution < 1.29 is 0 Å². The SMILES string of the molecule is CCNc1nccc(N2CCN(Cc3cn4ccccc4n3)CC2)n1. The van der Waals surface area contributed by atoms with Gasteiger partial charge in [-0.2, -0.15) is 4.98 Å². The van der Waals surface area contributed by atoms with E-state index in [4.69, 9.17) is 4.98 Å². The number of rotatable bonds is 5. The van der Waals surface area contributed by atoms with E-state index < -0.39 is 0 Å². The predicted octanol–water partition coefficient (Wildman–Crippen LogP) is 1.88. The van der Waals surface area contributed by atoms with Crippen LogP contribution in [0.1, 0.15) is 12.6 Å². The van der Waals surface area contributed by atoms with Gasteiger partial charge < -0.3 is 14.6 Å². The fourth-order valence-corrected chi connectivity index (χ4v) is 3.20. The van der Waals surface area contributed by atoms with Gasteiger partial charge in [-0.1, -0.05) is 6.07 Å². The number of aromatic nitrogens is 4. The van der Waals surface area contributed by atoms with E-state index in [-0.39, 0.29) is 0 Å². The number of imidazole rings is 1. The fraction of sp³-hybridized carbons (Fsp3) is 0.389. The number of piperazine rings is 1. The predicted molar refractivity (Wildman–Crippen MR) is 98.9 cm³/mol. The highest BCUT2D eigenvalue weighted by molar-refractivity contribution is 5.43. The third kappa shape index (κ3) is 3.56. The Balaban J connectivity index is 1.37. The van der Waals surface area contributed by atoms with Crippen LogP contribution >= 0.6 is 0 Å². The second-order valence-corrected chi connectivity index (χ2v) is 6.23. The van der Waals surface area contributed by atoms with E-state index in [0.717, 1.165) is 56.4 Å². The molecule has 4 heterocycles. The molecule has 0 bridgehead atoms. The van der Waals surface area contributed by atoms with Crippen LogP contribution in [0.2, 0.25) is 0 Å². The highest BCUT2D eigenvalue weighted by Crippen LogP contribution is 2.16. The van der Waals surface area contributed by atoms with Gasteiger partial charge in [0.25, 0.3) is 0 Å². The summed E-state index contributed by atoms with van der Waals surface area (Å²) in [6.07, 6.45) is 5.99. The molecular weight excluding hydrogens is 314 g/mol. The quantitative estimate of drug-likeness (QED) is 0.767. The maximum Gasteiger partial charge on any atom is 0.224 e. The molecule has 0 aromatic carbocycles. The Bertz CT molecular complexity index is 803. The Labute approximate surface area is 147 Å². The molecule has 1 aliphatic rings. The van der Waals surface area contributed by atoms with Crippen LogP contribution in [0.3, 0.4) is 0 Å². The molecule has 0 amide bonds. The molecule has 0 atom stereocenters. The number of nitrogens with one attached hydrogen (secondary N) is 1. The van der Waals surface area contributed by atoms with Gasteiger partial charge in [0.2, 0.25) is 5.95 Å². The van der Waals surface area contributed by atoms with Crippen molar-refractivity contribution in [3.05, 3.63) is 48.5 Å². The van der Waals surface area contributed by atoms with E-state index in [2.05, 4.69) is 35.7 Å². The molecule has 1 aliphatic heterocycles. The first-order valence-corrected chi connectivity index (χ1v) is 8.78. The standard InChI is InChI=1S/C18H23N7/c1-2-19-18-20-7-6-17(22-18)24-11-9-23(10-12-24)13-15-14-25-8-4-3-5-16(25)21-15/h3-8,14H,2,9-13H2,1H3,(H,19,20,22). The van der Waals surface area contributed by atoms with Gasteiger partial charge in [-0.05, 0) is 25.1 Å². The summed E-state index contributed by atoms with van der Waals surface area (Å²) >= 11 is 0. The van der Waals surface area contributed by atoms with Crippen molar-refractivity contribution in [1.29, 1.82) is 0 Å². The zero-order valence-corrected chi connectivity index (χ0v) is 14.5. The van der Waals surface area contributed by atoms with Gasteiger partial charge in [0, 0.05) is 57.9 Å². The Kier molecular flexibility index (Phi) is 4.47. The number of hydrogen-bond acceptors (Lipinski definition) is 6. The first-order valence-electron chi connectivity index (χ1n) is 8.78. The number of fused-ring (bicyclic) bond motifs is 1. The molecule has 3 aromatic heterocycles. The van der Waals surface area contributed by atoms with Gasteiger partial charge in [0.15, 0.2) is 0 Å². The van der Waals surface area contributed by atoms with Crippen molar-refractivity contribution in [3.63, 3.8) is 0 Å². The fourth-order valence-electron chi connectivity index (χ4n) is 3.20. The molecule has 0 radical (unpaired) electrons. The van der Waals surface area contributed by atoms with Gasteiger partial charge in [-0.3, -0.25) is 4.90 Å². The molecule has 7 heteroatoms. The van der Waals surface area contributed by atoms with Crippen molar-refractivity contribution in [2.75, 3.05) is 42.9 Å². The van der Waals surface area contributed by atoms with Gasteiger partial charge in [-0.25, -0.2) is 9.97 Å². The lowest BCUT2D eigenvalue weighted by Crippen LogP contribution is -2.46. The Morgan fingerprint density at radius 2 is 1.96 bits per heavy atom. The minimum atomic E-state index is 0.701. The molecular formula is C18H23N7. The van der Waals surface area contributed by atoms with E-state index in [1.807, 2.05) is 43.6 Å². The number of nitrogens with zero attached hydrogens (tertiary/aromatic N) is 6. The van der Waals surface area contributed by atoms with Crippen LogP contribution in [-0.4, -0.2) is 57.0 Å². The second-order valence-electron chi connectivity index (χ2n) is 6.23. The first kappa shape index (κ1) is 15.8. The molecule has 1 saturated heterocycles. The summed E-state index contributed by atoms with van der Waals surface area (Å²) in [6.45, 7) is 7.72. The molecule has 1 fully saturated rings. The zero-order chi connectivity index (χ0) is 17.1. The lowest BCUT2D eigenvalue weighted by atomic mass is 10.3. The number of hydrogen-bond donors (Lipinski definition) is 1. The Morgan fingerprint density at radius 1 is 1.08 bits per heavy atom. The highest BCUT2D eigenvalue weighted by Gasteiger charge is 2.19. The lowest BCUT2D eigenvalue weighted by Gasteiger charge is -2.35. The van der Waals surface area contributed by atoms with Crippen molar-refractivity contribution in [3.8, 4) is 0 Å². The normalized spacial score (nSPS) is 15.6. The lowest BCUT2D eigenvalue weighted by molar-refractivity contribution is 0.247. The van der Waals surface area contributed by atoms with Crippen molar-refractivity contribution in [2.45, 2.75) is 13.5 Å². The van der Waals surface area contributed by atoms with E-state index in [9.17, 15) is 0 Å². The average Bonchev–Trinajstić information content (AvgIpc) is 3.05. The minimum absolute atomic E-state index is 0.701. The molecule has 0 saturated carbocycles. The largest absolute Gasteiger partial charge is 0.354 e. The van der Waals surface area contributed by atoms with Crippen molar-refractivity contribution >= 4 is 17.4 Å². The zero-order valence-electron chi connectivity index (χ0n) is 14.5. The van der Waals surface area contributed by atoms with Crippen LogP contribution in [0, 0.1) is 0 Å². The summed E-state index contributed by atoms with van der Waals surface area (Å²) in [4.78, 5) is 18.3. The molecule has 25 heavy (non-hydrogen) atoms. The van der Waals surface area contributed by atoms with Crippen LogP contribution in [0.4, 0.5) is 11.8 Å². The third-order valence-electron chi connectivity index (χ3n) is 4.47. The van der Waals surface area contributed by atoms with Gasteiger partial charge >= 0.3 is 0 Å². The van der Waals surface area contributed by atoms with Gasteiger partial charge in [-0.15, -0.1) is 0 Å². The summed E-state index contributed by atoms with van der Waals surface area (Å²) in [5.74, 6) is 1.70. The average molecular weight is 337 g/mol. The molecule has 0 unspecified atom stereocenters. The number of pyridine rings is 1. The second kappa shape index (κ2) is 7.06. The van der Waals surface area contributed by atoms with E-state index in [0.29, 0.717) is 5.95 Å². The molecule has 3 aromatic rings. The number of anilines is 2. The van der Waals surface area contributed by atoms with Crippen LogP contribution < -0.4 is 10.2 Å². The van der Waals surface area contributed by atoms with Crippen LogP contribution in [0.5, 0.6) is 0 Å². The molecule has 130 valence electrons. The van der Waals surface area contributed by atoms with Crippen molar-refractivity contribution in [2.24, 2.45) is 0 Å². The summed E-state index contributed by atoms with van der Waals surface area (Å²) in [5, 5.41) is 3.17. The molecule has 4 rings (SSSR count). The van der Waals surface area contributed by atoms with Crippen LogP contribution in [0.25, 0.3) is 5.65 Å². The molecule has 7 nitrogen and oxygen atoms in total. The first-order chi connectivity index (χ1) is 12.3. The Hall–Kier alpha value is -2.67. The molecule has 1 N–H and O–H groups in total. The third-order valence-corrected chi connectivity index (χ3v) is 4.47. The van der Waals surface area contributed by atoms with Gasteiger partial charge in [0.1, 0.15) is 11.5 Å². The summed E-state index contributed by atoms with van der Waals surface area (Å²) in [7, 11) is 0.